The van der Waals surface area contributed by atoms with Crippen LogP contribution in [0.3, 0.4) is 0 Å². The molecule has 0 fully saturated rings. The quantitative estimate of drug-likeness (QED) is 0.749. The molecule has 3 rings (SSSR count). The van der Waals surface area contributed by atoms with Crippen molar-refractivity contribution in [1.29, 1.82) is 0 Å². The molecular weight excluding hydrogens is 246 g/mol. The number of hydrogen-bond acceptors (Lipinski definition) is 1. The highest BCUT2D eigenvalue weighted by atomic mass is 28.3. The summed E-state index contributed by atoms with van der Waals surface area (Å²) < 4.78 is 2.52. The van der Waals surface area contributed by atoms with Crippen LogP contribution in [0.5, 0.6) is 0 Å². The molecule has 0 aromatic heterocycles. The minimum atomic E-state index is -1.68. The van der Waals surface area contributed by atoms with E-state index in [1.165, 1.54) is 16.4 Å². The summed E-state index contributed by atoms with van der Waals surface area (Å²) in [6.07, 6.45) is 5.60. The molecule has 0 spiro atoms. The molecule has 0 unspecified atom stereocenters. The average Bonchev–Trinajstić information content (AvgIpc) is 2.47. The minimum Gasteiger partial charge on any atom is -0.371 e. The normalized spacial score (nSPS) is 14.3. The van der Waals surface area contributed by atoms with Gasteiger partial charge >= 0.3 is 0 Å². The molecule has 0 N–H and O–H groups in total. The van der Waals surface area contributed by atoms with E-state index in [2.05, 4.69) is 84.5 Å². The number of para-hydroxylation sites is 1. The van der Waals surface area contributed by atoms with Crippen LogP contribution in [0.25, 0.3) is 0 Å². The predicted molar refractivity (Wildman–Crippen MR) is 85.3 cm³/mol. The van der Waals surface area contributed by atoms with Gasteiger partial charge < -0.3 is 4.57 Å². The van der Waals surface area contributed by atoms with E-state index in [4.69, 9.17) is 0 Å². The summed E-state index contributed by atoms with van der Waals surface area (Å²) in [6.45, 7) is 4.82. The van der Waals surface area contributed by atoms with Crippen LogP contribution in [0.2, 0.25) is 13.1 Å². The minimum absolute atomic E-state index is 1.05. The van der Waals surface area contributed by atoms with Gasteiger partial charge in [0.2, 0.25) is 0 Å². The van der Waals surface area contributed by atoms with Crippen molar-refractivity contribution in [3.8, 4) is 0 Å². The highest BCUT2D eigenvalue weighted by molar-refractivity contribution is 6.93. The van der Waals surface area contributed by atoms with E-state index < -0.39 is 8.24 Å². The van der Waals surface area contributed by atoms with Crippen LogP contribution in [0.4, 0.5) is 5.69 Å². The van der Waals surface area contributed by atoms with Gasteiger partial charge in [0, 0.05) is 5.69 Å². The summed E-state index contributed by atoms with van der Waals surface area (Å²) in [5.74, 6) is 0. The Bertz CT molecular complexity index is 602. The van der Waals surface area contributed by atoms with Crippen LogP contribution >= 0.6 is 0 Å². The largest absolute Gasteiger partial charge is 0.371 e. The fourth-order valence-corrected chi connectivity index (χ4v) is 5.34. The zero-order valence-corrected chi connectivity index (χ0v) is 12.5. The van der Waals surface area contributed by atoms with Crippen molar-refractivity contribution in [1.82, 2.24) is 0 Å². The second-order valence-electron chi connectivity index (χ2n) is 5.51. The van der Waals surface area contributed by atoms with Crippen LogP contribution < -0.4 is 9.75 Å². The topological polar surface area (TPSA) is 3.24 Å². The molecule has 96 valence electrons. The molecule has 1 heterocycles. The van der Waals surface area contributed by atoms with Crippen LogP contribution in [0.15, 0.2) is 66.9 Å². The maximum atomic E-state index is 2.52. The van der Waals surface area contributed by atoms with Gasteiger partial charge in [0.15, 0.2) is 8.24 Å². The summed E-state index contributed by atoms with van der Waals surface area (Å²) in [7, 11) is -1.68. The number of rotatable bonds is 2. The summed E-state index contributed by atoms with van der Waals surface area (Å²) in [5, 5.41) is 1.47. The van der Waals surface area contributed by atoms with Gasteiger partial charge in [0.25, 0.3) is 0 Å². The molecule has 0 aliphatic carbocycles. The van der Waals surface area contributed by atoms with Gasteiger partial charge in [-0.2, -0.15) is 0 Å². The Hall–Kier alpha value is -1.80. The van der Waals surface area contributed by atoms with Crippen LogP contribution in [-0.4, -0.2) is 8.24 Å². The van der Waals surface area contributed by atoms with E-state index in [0.29, 0.717) is 0 Å². The number of hydrogen-bond donors (Lipinski definition) is 0. The Kier molecular flexibility index (Phi) is 3.03. The zero-order valence-electron chi connectivity index (χ0n) is 11.5. The van der Waals surface area contributed by atoms with Gasteiger partial charge in [-0.25, -0.2) is 0 Å². The number of allylic oxidation sites excluding steroid dienone is 1. The second kappa shape index (κ2) is 4.70. The van der Waals surface area contributed by atoms with E-state index in [9.17, 15) is 0 Å². The van der Waals surface area contributed by atoms with E-state index in [0.717, 1.165) is 6.42 Å². The van der Waals surface area contributed by atoms with Gasteiger partial charge in [0.1, 0.15) is 0 Å². The molecule has 19 heavy (non-hydrogen) atoms. The maximum Gasteiger partial charge on any atom is 0.186 e. The lowest BCUT2D eigenvalue weighted by molar-refractivity contribution is 1.16. The van der Waals surface area contributed by atoms with Crippen LogP contribution in [0.1, 0.15) is 5.56 Å². The lowest BCUT2D eigenvalue weighted by Crippen LogP contribution is -2.56. The molecule has 1 nitrogen and oxygen atoms in total. The monoisotopic (exact) mass is 265 g/mol. The summed E-state index contributed by atoms with van der Waals surface area (Å²) in [6, 6.07) is 19.7. The molecule has 0 atom stereocenters. The molecule has 1 aliphatic rings. The smallest absolute Gasteiger partial charge is 0.186 e. The Morgan fingerprint density at radius 2 is 1.58 bits per heavy atom. The Morgan fingerprint density at radius 1 is 0.895 bits per heavy atom. The molecule has 2 aromatic rings. The van der Waals surface area contributed by atoms with Gasteiger partial charge in [-0.3, -0.25) is 0 Å². The van der Waals surface area contributed by atoms with E-state index in [1.807, 2.05) is 0 Å². The first-order valence-electron chi connectivity index (χ1n) is 6.79. The number of fused-ring (bicyclic) bond motifs is 1. The molecule has 0 radical (unpaired) electrons. The fraction of sp³-hybridized carbons (Fsp3) is 0.176. The molecule has 2 aromatic carbocycles. The van der Waals surface area contributed by atoms with E-state index in [1.54, 1.807) is 0 Å². The fourth-order valence-electron chi connectivity index (χ4n) is 2.76. The first kappa shape index (κ1) is 12.2. The third-order valence-electron chi connectivity index (χ3n) is 3.93. The number of nitrogens with zero attached hydrogens (tertiary/aromatic N) is 1. The van der Waals surface area contributed by atoms with Crippen molar-refractivity contribution in [2.24, 2.45) is 0 Å². The van der Waals surface area contributed by atoms with Gasteiger partial charge in [-0.05, 0) is 42.5 Å². The third kappa shape index (κ3) is 2.12. The second-order valence-corrected chi connectivity index (χ2v) is 9.69. The summed E-state index contributed by atoms with van der Waals surface area (Å²) >= 11 is 0. The van der Waals surface area contributed by atoms with Gasteiger partial charge in [0.05, 0.1) is 0 Å². The highest BCUT2D eigenvalue weighted by Crippen LogP contribution is 2.29. The summed E-state index contributed by atoms with van der Waals surface area (Å²) in [4.78, 5) is 0. The van der Waals surface area contributed by atoms with Gasteiger partial charge in [-0.15, -0.1) is 0 Å². The van der Waals surface area contributed by atoms with Crippen LogP contribution in [0, 0.1) is 0 Å². The Morgan fingerprint density at radius 3 is 2.37 bits per heavy atom. The first-order valence-corrected chi connectivity index (χ1v) is 9.74. The SMILES string of the molecule is C[Si](C)(c1ccccc1)N1C=CCc2ccccc21. The molecule has 0 amide bonds. The number of benzene rings is 2. The molecule has 0 bridgehead atoms. The van der Waals surface area contributed by atoms with Crippen molar-refractivity contribution in [2.45, 2.75) is 19.5 Å². The van der Waals surface area contributed by atoms with Gasteiger partial charge in [-0.1, -0.05) is 54.6 Å². The zero-order chi connectivity index (χ0) is 13.3. The predicted octanol–water partition coefficient (Wildman–Crippen LogP) is 3.68. The van der Waals surface area contributed by atoms with Crippen molar-refractivity contribution in [3.05, 3.63) is 72.4 Å². The van der Waals surface area contributed by atoms with E-state index >= 15 is 0 Å². The lowest BCUT2D eigenvalue weighted by atomic mass is 10.1. The van der Waals surface area contributed by atoms with Crippen molar-refractivity contribution >= 4 is 19.1 Å². The molecule has 0 saturated heterocycles. The number of anilines is 1. The molecule has 1 aliphatic heterocycles. The maximum absolute atomic E-state index is 2.52. The Labute approximate surface area is 116 Å². The summed E-state index contributed by atoms with van der Waals surface area (Å²) in [5.41, 5.74) is 2.81. The first-order chi connectivity index (χ1) is 9.19. The van der Waals surface area contributed by atoms with E-state index in [-0.39, 0.29) is 0 Å². The van der Waals surface area contributed by atoms with Crippen molar-refractivity contribution < 1.29 is 0 Å². The van der Waals surface area contributed by atoms with Crippen LogP contribution in [-0.2, 0) is 6.42 Å². The Balaban J connectivity index is 2.07. The molecule has 0 saturated carbocycles. The van der Waals surface area contributed by atoms with Crippen molar-refractivity contribution in [2.75, 3.05) is 4.57 Å². The third-order valence-corrected chi connectivity index (χ3v) is 7.27. The van der Waals surface area contributed by atoms with Crippen molar-refractivity contribution in [3.63, 3.8) is 0 Å². The lowest BCUT2D eigenvalue weighted by Gasteiger charge is -2.39. The molecule has 2 heteroatoms. The standard InChI is InChI=1S/C17H19NSi/c1-19(2,16-11-4-3-5-12-16)18-14-8-10-15-9-6-7-13-17(15)18/h3-9,11-14H,10H2,1-2H3. The molecular formula is C17H19NSi. The highest BCUT2D eigenvalue weighted by Gasteiger charge is 2.32. The average molecular weight is 265 g/mol.